The van der Waals surface area contributed by atoms with Gasteiger partial charge in [0.1, 0.15) is 11.6 Å². The van der Waals surface area contributed by atoms with E-state index in [1.54, 1.807) is 7.11 Å². The first-order valence-electron chi connectivity index (χ1n) is 10.0. The van der Waals surface area contributed by atoms with Crippen LogP contribution >= 0.6 is 0 Å². The maximum Gasteiger partial charge on any atom is 0.127 e. The molecule has 27 heavy (non-hydrogen) atoms. The summed E-state index contributed by atoms with van der Waals surface area (Å²) in [5, 5.41) is 11.7. The normalized spacial score (nSPS) is 28.1. The van der Waals surface area contributed by atoms with Crippen LogP contribution in [-0.4, -0.2) is 40.2 Å². The van der Waals surface area contributed by atoms with Gasteiger partial charge in [0, 0.05) is 55.5 Å². The molecule has 4 rings (SSSR count). The zero-order valence-corrected chi connectivity index (χ0v) is 16.3. The van der Waals surface area contributed by atoms with Gasteiger partial charge in [0.15, 0.2) is 0 Å². The highest BCUT2D eigenvalue weighted by Crippen LogP contribution is 2.50. The molecule has 1 N–H and O–H groups in total. The Labute approximate surface area is 161 Å². The number of fused-ring (bicyclic) bond motifs is 1. The summed E-state index contributed by atoms with van der Waals surface area (Å²) in [4.78, 5) is 11.3. The van der Waals surface area contributed by atoms with Crippen molar-refractivity contribution in [1.82, 2.24) is 14.9 Å². The smallest absolute Gasteiger partial charge is 0.127 e. The van der Waals surface area contributed by atoms with Gasteiger partial charge in [-0.15, -0.1) is 0 Å². The molecule has 1 saturated heterocycles. The number of rotatable bonds is 5. The van der Waals surface area contributed by atoms with E-state index in [4.69, 9.17) is 4.74 Å². The highest BCUT2D eigenvalue weighted by molar-refractivity contribution is 5.39. The van der Waals surface area contributed by atoms with E-state index in [9.17, 15) is 5.11 Å². The van der Waals surface area contributed by atoms with Gasteiger partial charge in [0.2, 0.25) is 0 Å². The lowest BCUT2D eigenvalue weighted by Gasteiger charge is -2.42. The maximum absolute atomic E-state index is 11.7. The van der Waals surface area contributed by atoms with Gasteiger partial charge < -0.3 is 9.84 Å². The van der Waals surface area contributed by atoms with Gasteiger partial charge in [-0.05, 0) is 31.2 Å². The van der Waals surface area contributed by atoms with Crippen molar-refractivity contribution < 1.29 is 9.84 Å². The SMILES string of the molecule is CCc1ncc(CN2C[C@@H]3CCC[C@](O)(c4ccccc4OC)[C@@H]3C2)cn1. The predicted molar refractivity (Wildman–Crippen MR) is 104 cm³/mol. The number of benzene rings is 1. The number of hydrogen-bond acceptors (Lipinski definition) is 5. The predicted octanol–water partition coefficient (Wildman–Crippen LogP) is 3.17. The van der Waals surface area contributed by atoms with E-state index in [1.807, 2.05) is 36.7 Å². The maximum atomic E-state index is 11.7. The molecule has 0 unspecified atom stereocenters. The van der Waals surface area contributed by atoms with E-state index in [0.29, 0.717) is 5.92 Å². The molecule has 5 nitrogen and oxygen atoms in total. The van der Waals surface area contributed by atoms with Gasteiger partial charge >= 0.3 is 0 Å². The Hall–Kier alpha value is -1.98. The number of aromatic nitrogens is 2. The summed E-state index contributed by atoms with van der Waals surface area (Å²) in [6, 6.07) is 7.95. The summed E-state index contributed by atoms with van der Waals surface area (Å²) < 4.78 is 5.57. The van der Waals surface area contributed by atoms with Gasteiger partial charge in [0.25, 0.3) is 0 Å². The zero-order valence-electron chi connectivity index (χ0n) is 16.3. The first-order valence-corrected chi connectivity index (χ1v) is 10.0. The molecule has 1 aliphatic heterocycles. The number of hydrogen-bond donors (Lipinski definition) is 1. The van der Waals surface area contributed by atoms with Gasteiger partial charge in [-0.1, -0.05) is 25.1 Å². The molecule has 2 fully saturated rings. The lowest BCUT2D eigenvalue weighted by atomic mass is 9.67. The lowest BCUT2D eigenvalue weighted by Crippen LogP contribution is -2.43. The molecule has 0 bridgehead atoms. The van der Waals surface area contributed by atoms with E-state index >= 15 is 0 Å². The third-order valence-electron chi connectivity index (χ3n) is 6.32. The number of likely N-dealkylation sites (tertiary alicyclic amines) is 1. The Morgan fingerprint density at radius 1 is 1.22 bits per heavy atom. The van der Waals surface area contributed by atoms with Crippen LogP contribution in [0.3, 0.4) is 0 Å². The van der Waals surface area contributed by atoms with Gasteiger partial charge in [-0.2, -0.15) is 0 Å². The average molecular weight is 367 g/mol. The van der Waals surface area contributed by atoms with Crippen LogP contribution in [0.5, 0.6) is 5.75 Å². The van der Waals surface area contributed by atoms with Crippen LogP contribution in [-0.2, 0) is 18.6 Å². The topological polar surface area (TPSA) is 58.5 Å². The number of ether oxygens (including phenoxy) is 1. The van der Waals surface area contributed by atoms with E-state index in [2.05, 4.69) is 21.8 Å². The Kier molecular flexibility index (Phi) is 5.15. The van der Waals surface area contributed by atoms with Crippen molar-refractivity contribution in [3.63, 3.8) is 0 Å². The molecular weight excluding hydrogens is 338 g/mol. The molecule has 3 atom stereocenters. The van der Waals surface area contributed by atoms with Crippen LogP contribution in [0.1, 0.15) is 43.1 Å². The number of aliphatic hydroxyl groups is 1. The fraction of sp³-hybridized carbons (Fsp3) is 0.545. The second kappa shape index (κ2) is 7.56. The molecule has 5 heteroatoms. The summed E-state index contributed by atoms with van der Waals surface area (Å²) in [6.07, 6.45) is 7.79. The molecule has 0 radical (unpaired) electrons. The molecule has 1 aliphatic carbocycles. The van der Waals surface area contributed by atoms with Crippen molar-refractivity contribution in [3.8, 4) is 5.75 Å². The molecule has 144 valence electrons. The fourth-order valence-electron chi connectivity index (χ4n) is 4.98. The Morgan fingerprint density at radius 2 is 2.00 bits per heavy atom. The van der Waals surface area contributed by atoms with Crippen LogP contribution in [0.2, 0.25) is 0 Å². The molecular formula is C22H29N3O2. The average Bonchev–Trinajstić information content (AvgIpc) is 3.13. The van der Waals surface area contributed by atoms with Crippen LogP contribution < -0.4 is 4.74 Å². The zero-order chi connectivity index (χ0) is 18.9. The minimum atomic E-state index is -0.813. The van der Waals surface area contributed by atoms with Crippen LogP contribution in [0.25, 0.3) is 0 Å². The quantitative estimate of drug-likeness (QED) is 0.880. The highest BCUT2D eigenvalue weighted by atomic mass is 16.5. The van der Waals surface area contributed by atoms with Crippen molar-refractivity contribution in [2.75, 3.05) is 20.2 Å². The van der Waals surface area contributed by atoms with Gasteiger partial charge in [-0.3, -0.25) is 4.90 Å². The number of aryl methyl sites for hydroxylation is 1. The first-order chi connectivity index (χ1) is 13.1. The number of nitrogens with zero attached hydrogens (tertiary/aromatic N) is 3. The van der Waals surface area contributed by atoms with Crippen molar-refractivity contribution in [2.24, 2.45) is 11.8 Å². The monoisotopic (exact) mass is 367 g/mol. The Balaban J connectivity index is 1.54. The molecule has 0 amide bonds. The van der Waals surface area contributed by atoms with Gasteiger partial charge in [0.05, 0.1) is 12.7 Å². The van der Waals surface area contributed by atoms with Crippen LogP contribution in [0.4, 0.5) is 0 Å². The third-order valence-corrected chi connectivity index (χ3v) is 6.32. The molecule has 1 aromatic carbocycles. The minimum Gasteiger partial charge on any atom is -0.496 e. The van der Waals surface area contributed by atoms with Crippen molar-refractivity contribution in [2.45, 2.75) is 44.8 Å². The summed E-state index contributed by atoms with van der Waals surface area (Å²) in [7, 11) is 1.68. The third kappa shape index (κ3) is 3.46. The highest BCUT2D eigenvalue weighted by Gasteiger charge is 2.50. The van der Waals surface area contributed by atoms with Gasteiger partial charge in [-0.25, -0.2) is 9.97 Å². The molecule has 1 aromatic heterocycles. The van der Waals surface area contributed by atoms with Crippen LogP contribution in [0.15, 0.2) is 36.7 Å². The molecule has 2 aliphatic rings. The first kappa shape index (κ1) is 18.4. The van der Waals surface area contributed by atoms with E-state index in [0.717, 1.165) is 61.6 Å². The van der Waals surface area contributed by atoms with Crippen molar-refractivity contribution >= 4 is 0 Å². The van der Waals surface area contributed by atoms with Crippen molar-refractivity contribution in [3.05, 3.63) is 53.6 Å². The second-order valence-corrected chi connectivity index (χ2v) is 7.94. The molecule has 1 saturated carbocycles. The summed E-state index contributed by atoms with van der Waals surface area (Å²) in [5.41, 5.74) is 1.28. The van der Waals surface area contributed by atoms with E-state index < -0.39 is 5.60 Å². The molecule has 0 spiro atoms. The van der Waals surface area contributed by atoms with Crippen molar-refractivity contribution in [1.29, 1.82) is 0 Å². The Bertz CT molecular complexity index is 779. The Morgan fingerprint density at radius 3 is 2.74 bits per heavy atom. The van der Waals surface area contributed by atoms with E-state index in [1.165, 1.54) is 6.42 Å². The summed E-state index contributed by atoms with van der Waals surface area (Å²) in [6.45, 7) is 4.84. The van der Waals surface area contributed by atoms with E-state index in [-0.39, 0.29) is 5.92 Å². The number of methoxy groups -OCH3 is 1. The molecule has 2 heterocycles. The fourth-order valence-corrected chi connectivity index (χ4v) is 4.98. The lowest BCUT2D eigenvalue weighted by molar-refractivity contribution is -0.0662. The molecule has 2 aromatic rings. The summed E-state index contributed by atoms with van der Waals surface area (Å²) >= 11 is 0. The minimum absolute atomic E-state index is 0.235. The summed E-state index contributed by atoms with van der Waals surface area (Å²) in [5.74, 6) is 2.44. The standard InChI is InChI=1S/C22H29N3O2/c1-3-21-23-11-16(12-24-21)13-25-14-17-7-6-10-22(26,19(17)15-25)18-8-4-5-9-20(18)27-2/h4-5,8-9,11-12,17,19,26H,3,6-7,10,13-15H2,1-2H3/t17-,19+,22-/m0/s1. The largest absolute Gasteiger partial charge is 0.496 e. The second-order valence-electron chi connectivity index (χ2n) is 7.94. The van der Waals surface area contributed by atoms with Crippen LogP contribution in [0, 0.1) is 11.8 Å². The number of para-hydroxylation sites is 1.